The molecule has 0 spiro atoms. The summed E-state index contributed by atoms with van der Waals surface area (Å²) in [5.74, 6) is 0. The normalized spacial score (nSPS) is 11.7. The highest BCUT2D eigenvalue weighted by Gasteiger charge is 2.15. The molecule has 2 N–H and O–H groups in total. The van der Waals surface area contributed by atoms with Gasteiger partial charge in [0, 0.05) is 18.8 Å². The van der Waals surface area contributed by atoms with Crippen molar-refractivity contribution >= 4 is 10.0 Å². The van der Waals surface area contributed by atoms with Gasteiger partial charge in [-0.05, 0) is 24.6 Å². The molecule has 0 radical (unpaired) electrons. The predicted octanol–water partition coefficient (Wildman–Crippen LogP) is 1.05. The van der Waals surface area contributed by atoms with Crippen molar-refractivity contribution in [3.05, 3.63) is 41.9 Å². The number of aromatic nitrogens is 2. The third kappa shape index (κ3) is 4.62. The summed E-state index contributed by atoms with van der Waals surface area (Å²) in [6.45, 7) is 3.74. The Morgan fingerprint density at radius 3 is 2.71 bits per heavy atom. The van der Waals surface area contributed by atoms with Gasteiger partial charge < -0.3 is 9.84 Å². The van der Waals surface area contributed by atoms with Gasteiger partial charge in [-0.15, -0.1) is 0 Å². The maximum absolute atomic E-state index is 12.1. The molecular formula is C13H18N4O3S. The molecule has 114 valence electrons. The minimum Gasteiger partial charge on any atom is -0.364 e. The topological polar surface area (TPSA) is 97.1 Å². The van der Waals surface area contributed by atoms with Crippen molar-refractivity contribution in [2.75, 3.05) is 6.54 Å². The molecule has 0 aliphatic heterocycles. The van der Waals surface area contributed by atoms with E-state index in [0.29, 0.717) is 12.2 Å². The summed E-state index contributed by atoms with van der Waals surface area (Å²) in [6, 6.07) is 4.84. The van der Waals surface area contributed by atoms with Crippen LogP contribution >= 0.6 is 0 Å². The Kier molecular flexibility index (Phi) is 5.43. The predicted molar refractivity (Wildman–Crippen MR) is 76.8 cm³/mol. The van der Waals surface area contributed by atoms with Gasteiger partial charge >= 0.3 is 0 Å². The van der Waals surface area contributed by atoms with Crippen LogP contribution in [0.15, 0.2) is 40.2 Å². The molecule has 2 heterocycles. The van der Waals surface area contributed by atoms with E-state index in [0.717, 1.165) is 18.5 Å². The molecule has 0 saturated carbocycles. The lowest BCUT2D eigenvalue weighted by molar-refractivity contribution is 0.411. The summed E-state index contributed by atoms with van der Waals surface area (Å²) >= 11 is 0. The molecule has 2 aromatic rings. The molecule has 0 amide bonds. The van der Waals surface area contributed by atoms with Crippen molar-refractivity contribution in [3.8, 4) is 0 Å². The first-order valence-corrected chi connectivity index (χ1v) is 8.14. The standard InChI is InChI=1S/C13H18N4O3S/c1-2-6-14-8-11-3-4-13(15-9-11)21(18,19)16-10-12-5-7-20-17-12/h3-5,7,9,14,16H,2,6,8,10H2,1H3. The first kappa shape index (κ1) is 15.6. The lowest BCUT2D eigenvalue weighted by Gasteiger charge is -2.06. The van der Waals surface area contributed by atoms with E-state index in [1.165, 1.54) is 12.3 Å². The third-order valence-electron chi connectivity index (χ3n) is 2.76. The van der Waals surface area contributed by atoms with E-state index in [1.807, 2.05) is 0 Å². The van der Waals surface area contributed by atoms with Crippen LogP contribution < -0.4 is 10.0 Å². The highest BCUT2D eigenvalue weighted by molar-refractivity contribution is 7.89. The average molecular weight is 310 g/mol. The van der Waals surface area contributed by atoms with Gasteiger partial charge in [0.25, 0.3) is 10.0 Å². The Labute approximate surface area is 123 Å². The quantitative estimate of drug-likeness (QED) is 0.707. The van der Waals surface area contributed by atoms with Crippen LogP contribution in [-0.4, -0.2) is 25.1 Å². The molecule has 0 saturated heterocycles. The lowest BCUT2D eigenvalue weighted by Crippen LogP contribution is -2.24. The van der Waals surface area contributed by atoms with Gasteiger partial charge in [0.05, 0.1) is 12.2 Å². The molecule has 8 heteroatoms. The van der Waals surface area contributed by atoms with Crippen LogP contribution in [0.25, 0.3) is 0 Å². The van der Waals surface area contributed by atoms with Crippen LogP contribution in [0.5, 0.6) is 0 Å². The summed E-state index contributed by atoms with van der Waals surface area (Å²) in [5.41, 5.74) is 1.46. The van der Waals surface area contributed by atoms with Crippen LogP contribution in [0.2, 0.25) is 0 Å². The fourth-order valence-corrected chi connectivity index (χ4v) is 2.58. The summed E-state index contributed by atoms with van der Waals surface area (Å²) < 4.78 is 31.2. The molecule has 0 aliphatic rings. The maximum atomic E-state index is 12.1. The monoisotopic (exact) mass is 310 g/mol. The molecule has 2 rings (SSSR count). The summed E-state index contributed by atoms with van der Waals surface area (Å²) in [4.78, 5) is 3.99. The summed E-state index contributed by atoms with van der Waals surface area (Å²) in [5, 5.41) is 6.86. The average Bonchev–Trinajstić information content (AvgIpc) is 3.00. The Morgan fingerprint density at radius 1 is 1.24 bits per heavy atom. The van der Waals surface area contributed by atoms with Gasteiger partial charge in [0.2, 0.25) is 0 Å². The zero-order chi connectivity index (χ0) is 15.1. The largest absolute Gasteiger partial charge is 0.364 e. The molecule has 2 aromatic heterocycles. The van der Waals surface area contributed by atoms with Gasteiger partial charge in [0.15, 0.2) is 5.03 Å². The molecule has 0 atom stereocenters. The minimum atomic E-state index is -3.64. The number of nitrogens with one attached hydrogen (secondary N) is 2. The first-order chi connectivity index (χ1) is 10.1. The Morgan fingerprint density at radius 2 is 2.10 bits per heavy atom. The molecule has 0 unspecified atom stereocenters. The number of nitrogens with zero attached hydrogens (tertiary/aromatic N) is 2. The Balaban J connectivity index is 1.96. The van der Waals surface area contributed by atoms with E-state index in [1.54, 1.807) is 18.3 Å². The summed E-state index contributed by atoms with van der Waals surface area (Å²) in [6.07, 6.45) is 4.00. The Bertz CT molecular complexity index is 639. The van der Waals surface area contributed by atoms with Crippen molar-refractivity contribution < 1.29 is 12.9 Å². The van der Waals surface area contributed by atoms with E-state index in [-0.39, 0.29) is 11.6 Å². The van der Waals surface area contributed by atoms with Crippen LogP contribution in [0.4, 0.5) is 0 Å². The van der Waals surface area contributed by atoms with Gasteiger partial charge in [0.1, 0.15) is 6.26 Å². The second kappa shape index (κ2) is 7.30. The number of rotatable bonds is 8. The SMILES string of the molecule is CCCNCc1ccc(S(=O)(=O)NCc2ccon2)nc1. The highest BCUT2D eigenvalue weighted by atomic mass is 32.2. The number of pyridine rings is 1. The van der Waals surface area contributed by atoms with E-state index >= 15 is 0 Å². The zero-order valence-electron chi connectivity index (χ0n) is 11.7. The Hall–Kier alpha value is -1.77. The highest BCUT2D eigenvalue weighted by Crippen LogP contribution is 2.07. The molecule has 0 bridgehead atoms. The van der Waals surface area contributed by atoms with Crippen LogP contribution in [0.3, 0.4) is 0 Å². The molecule has 0 aliphatic carbocycles. The number of hydrogen-bond donors (Lipinski definition) is 2. The number of hydrogen-bond acceptors (Lipinski definition) is 6. The first-order valence-electron chi connectivity index (χ1n) is 6.66. The van der Waals surface area contributed by atoms with Gasteiger partial charge in [-0.2, -0.15) is 0 Å². The van der Waals surface area contributed by atoms with Crippen molar-refractivity contribution in [1.82, 2.24) is 20.2 Å². The maximum Gasteiger partial charge on any atom is 0.258 e. The van der Waals surface area contributed by atoms with E-state index < -0.39 is 10.0 Å². The van der Waals surface area contributed by atoms with Crippen LogP contribution in [-0.2, 0) is 23.1 Å². The van der Waals surface area contributed by atoms with E-state index in [4.69, 9.17) is 0 Å². The fourth-order valence-electron chi connectivity index (χ4n) is 1.66. The fraction of sp³-hybridized carbons (Fsp3) is 0.385. The van der Waals surface area contributed by atoms with E-state index in [2.05, 4.69) is 31.6 Å². The van der Waals surface area contributed by atoms with Gasteiger partial charge in [-0.3, -0.25) is 0 Å². The molecule has 7 nitrogen and oxygen atoms in total. The van der Waals surface area contributed by atoms with Crippen LogP contribution in [0, 0.1) is 0 Å². The molecule has 21 heavy (non-hydrogen) atoms. The molecule has 0 aromatic carbocycles. The molecular weight excluding hydrogens is 292 g/mol. The van der Waals surface area contributed by atoms with Crippen LogP contribution in [0.1, 0.15) is 24.6 Å². The summed E-state index contributed by atoms with van der Waals surface area (Å²) in [7, 11) is -3.64. The van der Waals surface area contributed by atoms with Crippen molar-refractivity contribution in [2.45, 2.75) is 31.5 Å². The minimum absolute atomic E-state index is 0.00904. The van der Waals surface area contributed by atoms with Gasteiger partial charge in [-0.1, -0.05) is 18.1 Å². The van der Waals surface area contributed by atoms with Crippen molar-refractivity contribution in [3.63, 3.8) is 0 Å². The lowest BCUT2D eigenvalue weighted by atomic mass is 10.3. The second-order valence-electron chi connectivity index (χ2n) is 4.50. The second-order valence-corrected chi connectivity index (χ2v) is 6.21. The third-order valence-corrected chi connectivity index (χ3v) is 4.08. The number of sulfonamides is 1. The van der Waals surface area contributed by atoms with Crippen molar-refractivity contribution in [1.29, 1.82) is 0 Å². The van der Waals surface area contributed by atoms with Crippen molar-refractivity contribution in [2.24, 2.45) is 0 Å². The molecule has 0 fully saturated rings. The van der Waals surface area contributed by atoms with E-state index in [9.17, 15) is 8.42 Å². The zero-order valence-corrected chi connectivity index (χ0v) is 12.6. The van der Waals surface area contributed by atoms with Gasteiger partial charge in [-0.25, -0.2) is 18.1 Å². The smallest absolute Gasteiger partial charge is 0.258 e.